The normalized spacial score (nSPS) is 10.5. The van der Waals surface area contributed by atoms with Gasteiger partial charge in [-0.05, 0) is 49.2 Å². The summed E-state index contributed by atoms with van der Waals surface area (Å²) in [6.07, 6.45) is 1.42. The highest BCUT2D eigenvalue weighted by Crippen LogP contribution is 2.23. The number of benzene rings is 2. The Kier molecular flexibility index (Phi) is 4.93. The highest BCUT2D eigenvalue weighted by Gasteiger charge is 2.10. The van der Waals surface area contributed by atoms with Crippen molar-refractivity contribution >= 4 is 23.1 Å². The molecule has 0 aliphatic carbocycles. The third kappa shape index (κ3) is 3.85. The van der Waals surface area contributed by atoms with Gasteiger partial charge in [0.05, 0.1) is 5.56 Å². The van der Waals surface area contributed by atoms with Crippen molar-refractivity contribution < 1.29 is 13.6 Å². The Labute approximate surface area is 149 Å². The fraction of sp³-hybridized carbons (Fsp3) is 0.100. The number of carbonyl (C=O) groups excluding carboxylic acids is 1. The molecule has 4 nitrogen and oxygen atoms in total. The minimum atomic E-state index is -1.02. The molecule has 0 saturated heterocycles. The Morgan fingerprint density at radius 3 is 2.31 bits per heavy atom. The molecule has 0 radical (unpaired) electrons. The standard InChI is InChI=1S/C20H17F2N3O/c1-12-4-3-5-13(2)19(12)25-18-9-6-14(11-23-18)20(26)24-15-7-8-16(21)17(22)10-15/h3-11H,1-2H3,(H,23,25)(H,24,26). The monoisotopic (exact) mass is 353 g/mol. The third-order valence-electron chi connectivity index (χ3n) is 3.94. The number of hydrogen-bond donors (Lipinski definition) is 2. The second-order valence-corrected chi connectivity index (χ2v) is 5.91. The van der Waals surface area contributed by atoms with Crippen LogP contribution in [-0.4, -0.2) is 10.9 Å². The summed E-state index contributed by atoms with van der Waals surface area (Å²) in [6, 6.07) is 12.5. The smallest absolute Gasteiger partial charge is 0.257 e. The van der Waals surface area contributed by atoms with Gasteiger partial charge in [-0.25, -0.2) is 13.8 Å². The molecule has 0 atom stereocenters. The van der Waals surface area contributed by atoms with Crippen LogP contribution < -0.4 is 10.6 Å². The Bertz CT molecular complexity index is 936. The van der Waals surface area contributed by atoms with E-state index < -0.39 is 17.5 Å². The maximum absolute atomic E-state index is 13.2. The van der Waals surface area contributed by atoms with Gasteiger partial charge >= 0.3 is 0 Å². The summed E-state index contributed by atoms with van der Waals surface area (Å²) in [4.78, 5) is 16.4. The molecule has 3 rings (SSSR count). The molecular formula is C20H17F2N3O. The lowest BCUT2D eigenvalue weighted by Crippen LogP contribution is -2.12. The number of nitrogens with zero attached hydrogens (tertiary/aromatic N) is 1. The third-order valence-corrected chi connectivity index (χ3v) is 3.94. The summed E-state index contributed by atoms with van der Waals surface area (Å²) in [7, 11) is 0. The number of aryl methyl sites for hydroxylation is 2. The van der Waals surface area contributed by atoms with Gasteiger partial charge in [0.2, 0.25) is 0 Å². The lowest BCUT2D eigenvalue weighted by molar-refractivity contribution is 0.102. The first-order valence-corrected chi connectivity index (χ1v) is 8.00. The SMILES string of the molecule is Cc1cccc(C)c1Nc1ccc(C(=O)Nc2ccc(F)c(F)c2)cn1. The van der Waals surface area contributed by atoms with E-state index in [1.807, 2.05) is 32.0 Å². The van der Waals surface area contributed by atoms with Gasteiger partial charge in [0, 0.05) is 23.6 Å². The van der Waals surface area contributed by atoms with Crippen molar-refractivity contribution in [3.8, 4) is 0 Å². The van der Waals surface area contributed by atoms with E-state index in [9.17, 15) is 13.6 Å². The van der Waals surface area contributed by atoms with Gasteiger partial charge in [-0.3, -0.25) is 4.79 Å². The number of halogens is 2. The summed E-state index contributed by atoms with van der Waals surface area (Å²) in [6.45, 7) is 4.00. The molecular weight excluding hydrogens is 336 g/mol. The summed E-state index contributed by atoms with van der Waals surface area (Å²) in [5.41, 5.74) is 3.63. The second-order valence-electron chi connectivity index (χ2n) is 5.91. The van der Waals surface area contributed by atoms with E-state index in [1.54, 1.807) is 12.1 Å². The van der Waals surface area contributed by atoms with Gasteiger partial charge in [-0.1, -0.05) is 18.2 Å². The molecule has 1 heterocycles. The van der Waals surface area contributed by atoms with Crippen LogP contribution in [0.2, 0.25) is 0 Å². The molecule has 2 N–H and O–H groups in total. The summed E-state index contributed by atoms with van der Waals surface area (Å²) in [5, 5.41) is 5.74. The van der Waals surface area contributed by atoms with Crippen molar-refractivity contribution in [1.82, 2.24) is 4.98 Å². The van der Waals surface area contributed by atoms with Crippen LogP contribution in [-0.2, 0) is 0 Å². The molecule has 0 fully saturated rings. The van der Waals surface area contributed by atoms with Crippen LogP contribution in [0.15, 0.2) is 54.7 Å². The van der Waals surface area contributed by atoms with Gasteiger partial charge < -0.3 is 10.6 Å². The predicted molar refractivity (Wildman–Crippen MR) is 97.7 cm³/mol. The topological polar surface area (TPSA) is 54.0 Å². The lowest BCUT2D eigenvalue weighted by Gasteiger charge is -2.12. The van der Waals surface area contributed by atoms with Crippen LogP contribution in [0.4, 0.5) is 26.0 Å². The summed E-state index contributed by atoms with van der Waals surface area (Å²) < 4.78 is 26.1. The molecule has 0 unspecified atom stereocenters. The molecule has 26 heavy (non-hydrogen) atoms. The van der Waals surface area contributed by atoms with Gasteiger partial charge in [-0.2, -0.15) is 0 Å². The van der Waals surface area contributed by atoms with E-state index in [4.69, 9.17) is 0 Å². The van der Waals surface area contributed by atoms with E-state index in [-0.39, 0.29) is 5.69 Å². The van der Waals surface area contributed by atoms with Crippen molar-refractivity contribution in [3.63, 3.8) is 0 Å². The molecule has 6 heteroatoms. The van der Waals surface area contributed by atoms with E-state index in [0.717, 1.165) is 28.9 Å². The summed E-state index contributed by atoms with van der Waals surface area (Å²) >= 11 is 0. The number of pyridine rings is 1. The number of nitrogens with one attached hydrogen (secondary N) is 2. The van der Waals surface area contributed by atoms with E-state index >= 15 is 0 Å². The first-order chi connectivity index (χ1) is 12.4. The predicted octanol–water partition coefficient (Wildman–Crippen LogP) is 4.97. The van der Waals surface area contributed by atoms with Crippen LogP contribution in [0.5, 0.6) is 0 Å². The van der Waals surface area contributed by atoms with Crippen molar-refractivity contribution in [2.45, 2.75) is 13.8 Å². The van der Waals surface area contributed by atoms with Crippen molar-refractivity contribution in [2.75, 3.05) is 10.6 Å². The molecule has 0 aliphatic heterocycles. The number of carbonyl (C=O) groups is 1. The molecule has 3 aromatic rings. The zero-order valence-corrected chi connectivity index (χ0v) is 14.3. The lowest BCUT2D eigenvalue weighted by atomic mass is 10.1. The fourth-order valence-corrected chi connectivity index (χ4v) is 2.52. The molecule has 1 aromatic heterocycles. The Morgan fingerprint density at radius 2 is 1.69 bits per heavy atom. The number of amides is 1. The van der Waals surface area contributed by atoms with Crippen LogP contribution in [0.1, 0.15) is 21.5 Å². The molecule has 1 amide bonds. The van der Waals surface area contributed by atoms with Crippen LogP contribution in [0.25, 0.3) is 0 Å². The fourth-order valence-electron chi connectivity index (χ4n) is 2.52. The van der Waals surface area contributed by atoms with Gasteiger partial charge in [0.15, 0.2) is 11.6 Å². The molecule has 0 saturated carbocycles. The molecule has 0 aliphatic rings. The molecule has 0 bridgehead atoms. The van der Waals surface area contributed by atoms with Crippen molar-refractivity contribution in [2.24, 2.45) is 0 Å². The molecule has 132 valence electrons. The average Bonchev–Trinajstić information content (AvgIpc) is 2.62. The van der Waals surface area contributed by atoms with Gasteiger partial charge in [0.25, 0.3) is 5.91 Å². The van der Waals surface area contributed by atoms with Crippen molar-refractivity contribution in [3.05, 3.63) is 83.1 Å². The Morgan fingerprint density at radius 1 is 0.962 bits per heavy atom. The quantitative estimate of drug-likeness (QED) is 0.696. The number of aromatic nitrogens is 1. The highest BCUT2D eigenvalue weighted by atomic mass is 19.2. The van der Waals surface area contributed by atoms with E-state index in [2.05, 4.69) is 15.6 Å². The zero-order chi connectivity index (χ0) is 18.7. The highest BCUT2D eigenvalue weighted by molar-refractivity contribution is 6.04. The number of para-hydroxylation sites is 1. The zero-order valence-electron chi connectivity index (χ0n) is 14.3. The Balaban J connectivity index is 1.72. The first-order valence-electron chi connectivity index (χ1n) is 8.00. The largest absolute Gasteiger partial charge is 0.340 e. The van der Waals surface area contributed by atoms with Crippen LogP contribution >= 0.6 is 0 Å². The van der Waals surface area contributed by atoms with E-state index in [0.29, 0.717) is 11.4 Å². The number of hydrogen-bond acceptors (Lipinski definition) is 3. The minimum absolute atomic E-state index is 0.173. The maximum Gasteiger partial charge on any atom is 0.257 e. The average molecular weight is 353 g/mol. The minimum Gasteiger partial charge on any atom is -0.340 e. The summed E-state index contributed by atoms with van der Waals surface area (Å²) in [5.74, 6) is -1.84. The van der Waals surface area contributed by atoms with E-state index in [1.165, 1.54) is 12.3 Å². The van der Waals surface area contributed by atoms with Gasteiger partial charge in [-0.15, -0.1) is 0 Å². The Hall–Kier alpha value is -3.28. The van der Waals surface area contributed by atoms with Crippen molar-refractivity contribution in [1.29, 1.82) is 0 Å². The first kappa shape index (κ1) is 17.5. The van der Waals surface area contributed by atoms with Gasteiger partial charge in [0.1, 0.15) is 5.82 Å². The maximum atomic E-state index is 13.2. The number of anilines is 3. The molecule has 2 aromatic carbocycles. The molecule has 0 spiro atoms. The van der Waals surface area contributed by atoms with Crippen LogP contribution in [0.3, 0.4) is 0 Å². The second kappa shape index (κ2) is 7.31. The van der Waals surface area contributed by atoms with Crippen LogP contribution in [0, 0.1) is 25.5 Å². The number of rotatable bonds is 4.